The number of benzene rings is 1. The van der Waals surface area contributed by atoms with Crippen molar-refractivity contribution in [2.45, 2.75) is 24.8 Å². The van der Waals surface area contributed by atoms with Gasteiger partial charge in [-0.2, -0.15) is 5.26 Å². The summed E-state index contributed by atoms with van der Waals surface area (Å²) in [6, 6.07) is 6.04. The second-order valence-corrected chi connectivity index (χ2v) is 4.97. The number of nitrogens with two attached hydrogens (primary N) is 1. The number of rotatable bonds is 1. The Kier molecular flexibility index (Phi) is 2.14. The van der Waals surface area contributed by atoms with Crippen molar-refractivity contribution >= 4 is 0 Å². The summed E-state index contributed by atoms with van der Waals surface area (Å²) in [7, 11) is 0. The topological polar surface area (TPSA) is 59.0 Å². The second kappa shape index (κ2) is 3.44. The Hall–Kier alpha value is -1.60. The highest BCUT2D eigenvalue weighted by Crippen LogP contribution is 2.60. The summed E-state index contributed by atoms with van der Waals surface area (Å²) >= 11 is 0. The van der Waals surface area contributed by atoms with Crippen LogP contribution in [0.2, 0.25) is 0 Å². The monoisotopic (exact) mass is 232 g/mol. The fourth-order valence-electron chi connectivity index (χ4n) is 2.80. The van der Waals surface area contributed by atoms with Crippen molar-refractivity contribution in [3.63, 3.8) is 0 Å². The van der Waals surface area contributed by atoms with Gasteiger partial charge in [0.25, 0.3) is 0 Å². The standard InChI is InChI=1S/C13H13FN2O/c14-8-1-2-9-11(5-8)17-7-13(3-4-13)12(9)10(16)6-15/h1-2,5,10,12H,3-4,7,16H2/t10-,12?/m1/s1. The fraction of sp³-hybridized carbons (Fsp3) is 0.462. The van der Waals surface area contributed by atoms with Gasteiger partial charge in [-0.15, -0.1) is 0 Å². The molecule has 3 nitrogen and oxygen atoms in total. The molecule has 4 heteroatoms. The lowest BCUT2D eigenvalue weighted by molar-refractivity contribution is 0.169. The van der Waals surface area contributed by atoms with Crippen LogP contribution < -0.4 is 10.5 Å². The SMILES string of the molecule is N#C[C@@H](N)C1c2ccc(F)cc2OCC12CC2. The normalized spacial score (nSPS) is 25.6. The van der Waals surface area contributed by atoms with E-state index in [0.29, 0.717) is 12.4 Å². The van der Waals surface area contributed by atoms with Gasteiger partial charge in [0, 0.05) is 23.0 Å². The summed E-state index contributed by atoms with van der Waals surface area (Å²) in [6.07, 6.45) is 2.06. The molecule has 0 aromatic heterocycles. The van der Waals surface area contributed by atoms with Crippen LogP contribution in [0, 0.1) is 22.6 Å². The molecule has 1 aliphatic carbocycles. The molecule has 1 saturated carbocycles. The molecule has 0 radical (unpaired) electrons. The number of halogens is 1. The van der Waals surface area contributed by atoms with Gasteiger partial charge >= 0.3 is 0 Å². The molecule has 0 saturated heterocycles. The van der Waals surface area contributed by atoms with Gasteiger partial charge < -0.3 is 10.5 Å². The van der Waals surface area contributed by atoms with Crippen LogP contribution in [0.1, 0.15) is 24.3 Å². The number of ether oxygens (including phenoxy) is 1. The first-order valence-electron chi connectivity index (χ1n) is 5.74. The number of nitrogens with zero attached hydrogens (tertiary/aromatic N) is 1. The summed E-state index contributed by atoms with van der Waals surface area (Å²) in [5.41, 5.74) is 6.80. The summed E-state index contributed by atoms with van der Waals surface area (Å²) in [5.74, 6) is 0.190. The molecular formula is C13H13FN2O. The van der Waals surface area contributed by atoms with Crippen molar-refractivity contribution in [1.29, 1.82) is 5.26 Å². The van der Waals surface area contributed by atoms with Crippen LogP contribution in [0.15, 0.2) is 18.2 Å². The zero-order chi connectivity index (χ0) is 12.0. The minimum absolute atomic E-state index is 0.0139. The molecule has 2 N–H and O–H groups in total. The van der Waals surface area contributed by atoms with Crippen molar-refractivity contribution in [3.8, 4) is 11.8 Å². The van der Waals surface area contributed by atoms with E-state index in [-0.39, 0.29) is 17.2 Å². The Morgan fingerprint density at radius 1 is 1.53 bits per heavy atom. The van der Waals surface area contributed by atoms with E-state index in [4.69, 9.17) is 15.7 Å². The minimum atomic E-state index is -0.550. The summed E-state index contributed by atoms with van der Waals surface area (Å²) in [4.78, 5) is 0. The first-order valence-corrected chi connectivity index (χ1v) is 5.74. The first kappa shape index (κ1) is 10.5. The molecule has 1 fully saturated rings. The maximum Gasteiger partial charge on any atom is 0.126 e. The van der Waals surface area contributed by atoms with Crippen LogP contribution in [0.25, 0.3) is 0 Å². The van der Waals surface area contributed by atoms with E-state index in [1.807, 2.05) is 0 Å². The largest absolute Gasteiger partial charge is 0.493 e. The predicted octanol–water partition coefficient (Wildman–Crippen LogP) is 1.93. The summed E-state index contributed by atoms with van der Waals surface area (Å²) in [6.45, 7) is 0.545. The Morgan fingerprint density at radius 3 is 2.94 bits per heavy atom. The molecule has 1 heterocycles. The zero-order valence-electron chi connectivity index (χ0n) is 9.32. The minimum Gasteiger partial charge on any atom is -0.493 e. The molecule has 0 bridgehead atoms. The highest BCUT2D eigenvalue weighted by Gasteiger charge is 2.55. The van der Waals surface area contributed by atoms with Crippen LogP contribution >= 0.6 is 0 Å². The van der Waals surface area contributed by atoms with Crippen molar-refractivity contribution in [1.82, 2.24) is 0 Å². The Morgan fingerprint density at radius 2 is 2.29 bits per heavy atom. The smallest absolute Gasteiger partial charge is 0.126 e. The molecule has 1 aromatic carbocycles. The average Bonchev–Trinajstić information content (AvgIpc) is 3.09. The quantitative estimate of drug-likeness (QED) is 0.804. The number of nitriles is 1. The molecule has 88 valence electrons. The van der Waals surface area contributed by atoms with Crippen molar-refractivity contribution < 1.29 is 9.13 Å². The third-order valence-electron chi connectivity index (χ3n) is 3.89. The average molecular weight is 232 g/mol. The maximum atomic E-state index is 13.1. The van der Waals surface area contributed by atoms with E-state index in [1.165, 1.54) is 12.1 Å². The van der Waals surface area contributed by atoms with Crippen molar-refractivity contribution in [3.05, 3.63) is 29.6 Å². The lowest BCUT2D eigenvalue weighted by Gasteiger charge is -2.35. The van der Waals surface area contributed by atoms with Crippen LogP contribution in [0.3, 0.4) is 0 Å². The number of hydrogen-bond donors (Lipinski definition) is 1. The van der Waals surface area contributed by atoms with Gasteiger partial charge in [-0.3, -0.25) is 0 Å². The summed E-state index contributed by atoms with van der Waals surface area (Å²) < 4.78 is 18.7. The van der Waals surface area contributed by atoms with Crippen molar-refractivity contribution in [2.75, 3.05) is 6.61 Å². The first-order chi connectivity index (χ1) is 8.16. The summed E-state index contributed by atoms with van der Waals surface area (Å²) in [5, 5.41) is 9.04. The van der Waals surface area contributed by atoms with Crippen molar-refractivity contribution in [2.24, 2.45) is 11.1 Å². The number of hydrogen-bond acceptors (Lipinski definition) is 3. The van der Waals surface area contributed by atoms with Gasteiger partial charge in [0.05, 0.1) is 12.7 Å². The van der Waals surface area contributed by atoms with Crippen LogP contribution in [0.4, 0.5) is 4.39 Å². The molecule has 2 atom stereocenters. The van der Waals surface area contributed by atoms with Gasteiger partial charge in [0.2, 0.25) is 0 Å². The predicted molar refractivity (Wildman–Crippen MR) is 59.9 cm³/mol. The molecule has 0 amide bonds. The van der Waals surface area contributed by atoms with E-state index in [2.05, 4.69) is 6.07 Å². The molecule has 1 spiro atoms. The van der Waals surface area contributed by atoms with Crippen LogP contribution in [0.5, 0.6) is 5.75 Å². The molecule has 17 heavy (non-hydrogen) atoms. The number of fused-ring (bicyclic) bond motifs is 1. The lowest BCUT2D eigenvalue weighted by atomic mass is 9.77. The zero-order valence-corrected chi connectivity index (χ0v) is 9.32. The van der Waals surface area contributed by atoms with E-state index >= 15 is 0 Å². The molecule has 1 aliphatic heterocycles. The van der Waals surface area contributed by atoms with Gasteiger partial charge in [-0.25, -0.2) is 4.39 Å². The maximum absolute atomic E-state index is 13.1. The molecular weight excluding hydrogens is 219 g/mol. The van der Waals surface area contributed by atoms with E-state index < -0.39 is 6.04 Å². The van der Waals surface area contributed by atoms with E-state index in [9.17, 15) is 4.39 Å². The van der Waals surface area contributed by atoms with Gasteiger partial charge in [-0.05, 0) is 18.9 Å². The fourth-order valence-corrected chi connectivity index (χ4v) is 2.80. The van der Waals surface area contributed by atoms with Crippen LogP contribution in [-0.2, 0) is 0 Å². The second-order valence-electron chi connectivity index (χ2n) is 4.97. The van der Waals surface area contributed by atoms with Crippen LogP contribution in [-0.4, -0.2) is 12.6 Å². The third kappa shape index (κ3) is 1.50. The molecule has 1 aromatic rings. The molecule has 1 unspecified atom stereocenters. The van der Waals surface area contributed by atoms with Gasteiger partial charge in [-0.1, -0.05) is 6.07 Å². The Labute approximate surface area is 99.0 Å². The molecule has 3 rings (SSSR count). The Balaban J connectivity index is 2.09. The Bertz CT molecular complexity index is 505. The highest BCUT2D eigenvalue weighted by atomic mass is 19.1. The van der Waals surface area contributed by atoms with E-state index in [1.54, 1.807) is 6.07 Å². The van der Waals surface area contributed by atoms with Gasteiger partial charge in [0.15, 0.2) is 0 Å². The van der Waals surface area contributed by atoms with E-state index in [0.717, 1.165) is 18.4 Å². The lowest BCUT2D eigenvalue weighted by Crippen LogP contribution is -2.39. The molecule has 2 aliphatic rings. The highest BCUT2D eigenvalue weighted by molar-refractivity contribution is 5.43. The third-order valence-corrected chi connectivity index (χ3v) is 3.89. The van der Waals surface area contributed by atoms with Gasteiger partial charge in [0.1, 0.15) is 17.6 Å².